The molecule has 0 radical (unpaired) electrons. The number of ether oxygens (including phenoxy) is 4. The van der Waals surface area contributed by atoms with Gasteiger partial charge < -0.3 is 23.4 Å². The van der Waals surface area contributed by atoms with Crippen LogP contribution in [0.25, 0.3) is 11.1 Å². The van der Waals surface area contributed by atoms with Crippen LogP contribution in [0.2, 0.25) is 0 Å². The van der Waals surface area contributed by atoms with Crippen molar-refractivity contribution in [1.29, 1.82) is 0 Å². The van der Waals surface area contributed by atoms with E-state index in [1.54, 1.807) is 40.0 Å². The largest absolute Gasteiger partial charge is 0.510 e. The summed E-state index contributed by atoms with van der Waals surface area (Å²) in [5, 5.41) is 0.697. The van der Waals surface area contributed by atoms with Crippen LogP contribution in [0.4, 0.5) is 9.59 Å². The van der Waals surface area contributed by atoms with Crippen LogP contribution in [0.5, 0.6) is 0 Å². The van der Waals surface area contributed by atoms with E-state index >= 15 is 0 Å². The van der Waals surface area contributed by atoms with Gasteiger partial charge in [0.2, 0.25) is 19.3 Å². The third-order valence-corrected chi connectivity index (χ3v) is 6.53. The van der Waals surface area contributed by atoms with Gasteiger partial charge in [-0.3, -0.25) is 18.2 Å². The van der Waals surface area contributed by atoms with Crippen molar-refractivity contribution in [2.75, 3.05) is 19.7 Å². The van der Waals surface area contributed by atoms with Gasteiger partial charge in [-0.1, -0.05) is 31.9 Å². The number of aryl methyl sites for hydroxylation is 1. The van der Waals surface area contributed by atoms with Crippen molar-refractivity contribution < 1.29 is 46.6 Å². The molecule has 0 saturated heterocycles. The number of fused-ring (bicyclic) bond motifs is 1. The summed E-state index contributed by atoms with van der Waals surface area (Å²) < 4.78 is 49.6. The molecule has 0 spiro atoms. The molecule has 2 aromatic heterocycles. The molecule has 2 aromatic rings. The monoisotopic (exact) mass is 572 g/mol. The fraction of sp³-hybridized carbons (Fsp3) is 0.600. The number of carbonyl (C=O) groups is 2. The van der Waals surface area contributed by atoms with Crippen molar-refractivity contribution >= 4 is 31.0 Å². The number of rotatable bonds is 16. The Hall–Kier alpha value is -3.15. The van der Waals surface area contributed by atoms with E-state index in [2.05, 4.69) is 11.9 Å². The lowest BCUT2D eigenvalue weighted by molar-refractivity contribution is -0.0298. The number of hydrogen-bond donors (Lipinski definition) is 0. The fourth-order valence-corrected chi connectivity index (χ4v) is 4.22. The van der Waals surface area contributed by atoms with Crippen molar-refractivity contribution in [1.82, 2.24) is 9.55 Å². The molecule has 39 heavy (non-hydrogen) atoms. The van der Waals surface area contributed by atoms with Gasteiger partial charge >= 0.3 is 25.6 Å². The number of nitrogens with zero attached hydrogens (tertiary/aromatic N) is 2. The van der Waals surface area contributed by atoms with E-state index in [0.717, 1.165) is 31.4 Å². The average Bonchev–Trinajstić information content (AvgIpc) is 3.22. The normalized spacial score (nSPS) is 12.0. The molecule has 2 rings (SSSR count). The number of unbranched alkanes of at least 4 members (excludes halogenated alkanes) is 2. The molecule has 0 amide bonds. The molecule has 0 aliphatic heterocycles. The number of furan rings is 1. The van der Waals surface area contributed by atoms with E-state index < -0.39 is 51.4 Å². The first-order valence-corrected chi connectivity index (χ1v) is 14.4. The molecular formula is C25H37N2O11P. The number of hydrogen-bond acceptors (Lipinski definition) is 12. The van der Waals surface area contributed by atoms with E-state index in [-0.39, 0.29) is 18.4 Å². The van der Waals surface area contributed by atoms with E-state index in [1.165, 1.54) is 10.6 Å². The summed E-state index contributed by atoms with van der Waals surface area (Å²) in [5.41, 5.74) is -0.226. The Morgan fingerprint density at radius 3 is 2.21 bits per heavy atom. The van der Waals surface area contributed by atoms with Crippen LogP contribution in [-0.4, -0.2) is 53.8 Å². The van der Waals surface area contributed by atoms with Gasteiger partial charge in [-0.25, -0.2) is 14.4 Å². The second kappa shape index (κ2) is 16.1. The van der Waals surface area contributed by atoms with Gasteiger partial charge in [0, 0.05) is 19.2 Å². The summed E-state index contributed by atoms with van der Waals surface area (Å²) in [6, 6.07) is 1.86. The van der Waals surface area contributed by atoms with Crippen LogP contribution < -0.4 is 5.69 Å². The Morgan fingerprint density at radius 1 is 1.03 bits per heavy atom. The molecule has 0 aliphatic carbocycles. The van der Waals surface area contributed by atoms with Gasteiger partial charge in [0.15, 0.2) is 0 Å². The highest BCUT2D eigenvalue weighted by Crippen LogP contribution is 2.48. The first-order valence-electron chi connectivity index (χ1n) is 12.7. The van der Waals surface area contributed by atoms with Crippen molar-refractivity contribution in [3.05, 3.63) is 40.7 Å². The molecule has 0 aromatic carbocycles. The van der Waals surface area contributed by atoms with Crippen LogP contribution in [0, 0.1) is 0 Å². The lowest BCUT2D eigenvalue weighted by atomic mass is 10.2. The predicted octanol–water partition coefficient (Wildman–Crippen LogP) is 5.54. The number of carbonyl (C=O) groups excluding carboxylic acids is 2. The molecule has 0 unspecified atom stereocenters. The first kappa shape index (κ1) is 32.1. The van der Waals surface area contributed by atoms with E-state index in [1.807, 2.05) is 6.07 Å². The molecule has 0 atom stereocenters. The topological polar surface area (TPSA) is 155 Å². The Balaban J connectivity index is 2.01. The van der Waals surface area contributed by atoms with Gasteiger partial charge in [-0.15, -0.1) is 0 Å². The zero-order valence-electron chi connectivity index (χ0n) is 23.0. The van der Waals surface area contributed by atoms with Crippen LogP contribution in [0.15, 0.2) is 33.6 Å². The van der Waals surface area contributed by atoms with Crippen LogP contribution in [0.1, 0.15) is 59.6 Å². The minimum absolute atomic E-state index is 0.118. The Labute approximate surface area is 226 Å². The van der Waals surface area contributed by atoms with Crippen molar-refractivity contribution in [2.24, 2.45) is 0 Å². The smallest absolute Gasteiger partial charge is 0.443 e. The predicted molar refractivity (Wildman–Crippen MR) is 140 cm³/mol. The lowest BCUT2D eigenvalue weighted by Gasteiger charge is -2.17. The summed E-state index contributed by atoms with van der Waals surface area (Å²) in [7, 11) is -3.95. The SMILES string of the molecule is CCCCCc1cc2cn(C/C=C/CP(=O)(OCOC(=O)OC(C)C)OCOC(=O)OC(C)C)c(=O)nc2o1. The van der Waals surface area contributed by atoms with Crippen molar-refractivity contribution in [3.63, 3.8) is 0 Å². The quantitative estimate of drug-likeness (QED) is 0.0815. The highest BCUT2D eigenvalue weighted by Gasteiger charge is 2.25. The Kier molecular flexibility index (Phi) is 13.2. The number of aromatic nitrogens is 2. The molecule has 0 saturated carbocycles. The molecule has 0 aliphatic rings. The average molecular weight is 573 g/mol. The Bertz CT molecular complexity index is 1170. The fourth-order valence-electron chi connectivity index (χ4n) is 3.10. The van der Waals surface area contributed by atoms with Crippen LogP contribution in [0.3, 0.4) is 0 Å². The molecule has 0 N–H and O–H groups in total. The summed E-state index contributed by atoms with van der Waals surface area (Å²) in [6.07, 6.45) is 5.44. The minimum Gasteiger partial charge on any atom is -0.443 e. The maximum absolute atomic E-state index is 13.1. The standard InChI is InChI=1S/C25H37N2O11P/c1-6-7-8-11-21-14-20-15-27(23(28)26-22(20)38-21)12-9-10-13-39(31,34-16-32-24(29)36-18(2)3)35-17-33-25(30)37-19(4)5/h9-10,14-15,18-19H,6-8,11-13,16-17H2,1-5H3/b10-9+. The maximum Gasteiger partial charge on any atom is 0.510 e. The van der Waals surface area contributed by atoms with Crippen LogP contribution in [-0.2, 0) is 45.5 Å². The van der Waals surface area contributed by atoms with E-state index in [0.29, 0.717) is 5.39 Å². The second-order valence-electron chi connectivity index (χ2n) is 8.99. The summed E-state index contributed by atoms with van der Waals surface area (Å²) in [4.78, 5) is 39.5. The second-order valence-corrected chi connectivity index (χ2v) is 11.1. The van der Waals surface area contributed by atoms with Gasteiger partial charge in [-0.2, -0.15) is 4.98 Å². The van der Waals surface area contributed by atoms with E-state index in [9.17, 15) is 18.9 Å². The molecule has 218 valence electrons. The molecule has 2 heterocycles. The zero-order chi connectivity index (χ0) is 28.8. The molecule has 14 heteroatoms. The van der Waals surface area contributed by atoms with Gasteiger partial charge in [-0.05, 0) is 40.2 Å². The number of allylic oxidation sites excluding steroid dienone is 2. The lowest BCUT2D eigenvalue weighted by Crippen LogP contribution is -2.21. The van der Waals surface area contributed by atoms with Gasteiger partial charge in [0.1, 0.15) is 5.76 Å². The molecule has 0 bridgehead atoms. The Morgan fingerprint density at radius 2 is 1.64 bits per heavy atom. The minimum atomic E-state index is -3.95. The molecule has 13 nitrogen and oxygen atoms in total. The van der Waals surface area contributed by atoms with Gasteiger partial charge in [0.05, 0.1) is 23.8 Å². The first-order chi connectivity index (χ1) is 18.5. The summed E-state index contributed by atoms with van der Waals surface area (Å²) >= 11 is 0. The van der Waals surface area contributed by atoms with Gasteiger partial charge in [0.25, 0.3) is 0 Å². The molecular weight excluding hydrogens is 535 g/mol. The van der Waals surface area contributed by atoms with E-state index in [4.69, 9.17) is 32.4 Å². The summed E-state index contributed by atoms with van der Waals surface area (Å²) in [5.74, 6) is 0.771. The maximum atomic E-state index is 13.1. The van der Waals surface area contributed by atoms with Crippen LogP contribution >= 0.6 is 7.60 Å². The third-order valence-electron chi connectivity index (χ3n) is 4.87. The van der Waals surface area contributed by atoms with Crippen molar-refractivity contribution in [2.45, 2.75) is 79.1 Å². The molecule has 0 fully saturated rings. The highest BCUT2D eigenvalue weighted by atomic mass is 31.2. The zero-order valence-corrected chi connectivity index (χ0v) is 23.8. The van der Waals surface area contributed by atoms with Crippen molar-refractivity contribution in [3.8, 4) is 0 Å². The summed E-state index contributed by atoms with van der Waals surface area (Å²) in [6.45, 7) is 7.30. The highest BCUT2D eigenvalue weighted by molar-refractivity contribution is 7.54. The third kappa shape index (κ3) is 12.1.